The van der Waals surface area contributed by atoms with Crippen molar-refractivity contribution in [3.63, 3.8) is 0 Å². The zero-order chi connectivity index (χ0) is 17.2. The van der Waals surface area contributed by atoms with Crippen LogP contribution in [0.5, 0.6) is 0 Å². The Morgan fingerprint density at radius 2 is 1.22 bits per heavy atom. The summed E-state index contributed by atoms with van der Waals surface area (Å²) in [7, 11) is 0. The van der Waals surface area contributed by atoms with Gasteiger partial charge in [0.15, 0.2) is 0 Å². The van der Waals surface area contributed by atoms with Crippen molar-refractivity contribution >= 4 is 5.97 Å². The van der Waals surface area contributed by atoms with Crippen molar-refractivity contribution < 1.29 is 14.6 Å². The fraction of sp³-hybridized carbons (Fsp3) is 0.950. The number of ether oxygens (including phenoxy) is 1. The van der Waals surface area contributed by atoms with Gasteiger partial charge in [-0.1, -0.05) is 90.9 Å². The van der Waals surface area contributed by atoms with Crippen molar-refractivity contribution in [3.8, 4) is 0 Å². The first-order valence-electron chi connectivity index (χ1n) is 10.0. The minimum Gasteiger partial charge on any atom is -0.463 e. The molecule has 0 aliphatic heterocycles. The van der Waals surface area contributed by atoms with Crippen molar-refractivity contribution in [2.75, 3.05) is 6.61 Å². The fourth-order valence-corrected chi connectivity index (χ4v) is 2.67. The lowest BCUT2D eigenvalue weighted by molar-refractivity contribution is -0.146. The van der Waals surface area contributed by atoms with Crippen LogP contribution in [-0.4, -0.2) is 23.8 Å². The molecular weight excluding hydrogens is 288 g/mol. The van der Waals surface area contributed by atoms with Gasteiger partial charge in [0.2, 0.25) is 0 Å². The molecule has 0 aromatic heterocycles. The van der Waals surface area contributed by atoms with E-state index in [-0.39, 0.29) is 12.6 Å². The fourth-order valence-electron chi connectivity index (χ4n) is 2.67. The Kier molecular flexibility index (Phi) is 17.3. The smallest absolute Gasteiger partial charge is 0.305 e. The van der Waals surface area contributed by atoms with E-state index in [0.717, 1.165) is 12.8 Å². The second kappa shape index (κ2) is 17.8. The van der Waals surface area contributed by atoms with E-state index in [4.69, 9.17) is 4.74 Å². The summed E-state index contributed by atoms with van der Waals surface area (Å²) in [5.41, 5.74) is 0. The maximum Gasteiger partial charge on any atom is 0.305 e. The molecule has 0 heterocycles. The van der Waals surface area contributed by atoms with E-state index in [2.05, 4.69) is 6.92 Å². The quantitative estimate of drug-likeness (QED) is 0.272. The predicted octanol–water partition coefficient (Wildman–Crippen LogP) is 5.78. The van der Waals surface area contributed by atoms with Gasteiger partial charge in [-0.2, -0.15) is 0 Å². The van der Waals surface area contributed by atoms with E-state index in [9.17, 15) is 9.90 Å². The number of hydrogen-bond donors (Lipinski definition) is 1. The average Bonchev–Trinajstić information content (AvgIpc) is 2.56. The van der Waals surface area contributed by atoms with Crippen molar-refractivity contribution in [2.24, 2.45) is 0 Å². The number of unbranched alkanes of at least 4 members (excludes halogenated alkanes) is 12. The van der Waals surface area contributed by atoms with E-state index >= 15 is 0 Å². The van der Waals surface area contributed by atoms with Crippen molar-refractivity contribution in [2.45, 2.75) is 116 Å². The summed E-state index contributed by atoms with van der Waals surface area (Å²) >= 11 is 0. The molecule has 1 unspecified atom stereocenters. The van der Waals surface area contributed by atoms with Gasteiger partial charge < -0.3 is 9.84 Å². The maximum absolute atomic E-state index is 11.4. The minimum absolute atomic E-state index is 0.147. The third kappa shape index (κ3) is 17.6. The zero-order valence-corrected chi connectivity index (χ0v) is 15.7. The summed E-state index contributed by atoms with van der Waals surface area (Å²) in [6.07, 6.45) is 17.6. The third-order valence-corrected chi connectivity index (χ3v) is 4.39. The van der Waals surface area contributed by atoms with Gasteiger partial charge in [-0.15, -0.1) is 0 Å². The van der Waals surface area contributed by atoms with Crippen molar-refractivity contribution in [3.05, 3.63) is 0 Å². The Morgan fingerprint density at radius 3 is 1.65 bits per heavy atom. The maximum atomic E-state index is 11.4. The SMILES string of the molecule is CCCCCCCCCCCCCCCC(=O)OCC(O)CC. The highest BCUT2D eigenvalue weighted by Gasteiger charge is 2.06. The Labute approximate surface area is 144 Å². The molecule has 0 amide bonds. The lowest BCUT2D eigenvalue weighted by Gasteiger charge is -2.08. The van der Waals surface area contributed by atoms with Gasteiger partial charge in [-0.25, -0.2) is 0 Å². The molecule has 0 aliphatic carbocycles. The molecule has 0 bridgehead atoms. The molecule has 0 saturated carbocycles. The molecule has 0 aromatic carbocycles. The number of hydrogen-bond acceptors (Lipinski definition) is 3. The molecule has 0 aromatic rings. The predicted molar refractivity (Wildman–Crippen MR) is 97.6 cm³/mol. The van der Waals surface area contributed by atoms with Crippen molar-refractivity contribution in [1.29, 1.82) is 0 Å². The zero-order valence-electron chi connectivity index (χ0n) is 15.7. The summed E-state index contributed by atoms with van der Waals surface area (Å²) in [6, 6.07) is 0. The van der Waals surface area contributed by atoms with Gasteiger partial charge in [0.1, 0.15) is 6.61 Å². The summed E-state index contributed by atoms with van der Waals surface area (Å²) in [5.74, 6) is -0.166. The molecule has 0 rings (SSSR count). The molecular formula is C20H40O3. The molecule has 1 N–H and O–H groups in total. The van der Waals surface area contributed by atoms with Crippen LogP contribution in [0.2, 0.25) is 0 Å². The summed E-state index contributed by atoms with van der Waals surface area (Å²) in [5, 5.41) is 9.31. The second-order valence-electron chi connectivity index (χ2n) is 6.74. The number of rotatable bonds is 17. The van der Waals surface area contributed by atoms with Gasteiger partial charge in [0.05, 0.1) is 6.10 Å². The first-order chi connectivity index (χ1) is 11.2. The van der Waals surface area contributed by atoms with Crippen LogP contribution in [0.25, 0.3) is 0 Å². The van der Waals surface area contributed by atoms with Crippen LogP contribution in [0, 0.1) is 0 Å². The van der Waals surface area contributed by atoms with Gasteiger partial charge in [0.25, 0.3) is 0 Å². The molecule has 3 heteroatoms. The molecule has 3 nitrogen and oxygen atoms in total. The molecule has 0 fully saturated rings. The molecule has 1 atom stereocenters. The second-order valence-corrected chi connectivity index (χ2v) is 6.74. The van der Waals surface area contributed by atoms with Crippen molar-refractivity contribution in [1.82, 2.24) is 0 Å². The number of aliphatic hydroxyl groups is 1. The van der Waals surface area contributed by atoms with Crippen LogP contribution < -0.4 is 0 Å². The molecule has 23 heavy (non-hydrogen) atoms. The minimum atomic E-state index is -0.509. The standard InChI is InChI=1S/C20H40O3/c1-3-5-6-7-8-9-10-11-12-13-14-15-16-17-20(22)23-18-19(21)4-2/h19,21H,3-18H2,1-2H3. The number of aliphatic hydroxyl groups excluding tert-OH is 1. The van der Waals surface area contributed by atoms with Crippen LogP contribution in [0.1, 0.15) is 110 Å². The lowest BCUT2D eigenvalue weighted by atomic mass is 10.0. The largest absolute Gasteiger partial charge is 0.463 e. The summed E-state index contributed by atoms with van der Waals surface area (Å²) in [4.78, 5) is 11.4. The Balaban J connectivity index is 3.14. The Morgan fingerprint density at radius 1 is 0.783 bits per heavy atom. The first kappa shape index (κ1) is 22.4. The van der Waals surface area contributed by atoms with Crippen LogP contribution >= 0.6 is 0 Å². The van der Waals surface area contributed by atoms with Gasteiger partial charge in [-0.05, 0) is 12.8 Å². The highest BCUT2D eigenvalue weighted by atomic mass is 16.5. The highest BCUT2D eigenvalue weighted by Crippen LogP contribution is 2.13. The van der Waals surface area contributed by atoms with E-state index < -0.39 is 6.10 Å². The average molecular weight is 329 g/mol. The van der Waals surface area contributed by atoms with Crippen LogP contribution in [-0.2, 0) is 9.53 Å². The number of carbonyl (C=O) groups is 1. The topological polar surface area (TPSA) is 46.5 Å². The van der Waals surface area contributed by atoms with Gasteiger partial charge in [-0.3, -0.25) is 4.79 Å². The highest BCUT2D eigenvalue weighted by molar-refractivity contribution is 5.69. The van der Waals surface area contributed by atoms with E-state index in [0.29, 0.717) is 12.8 Å². The summed E-state index contributed by atoms with van der Waals surface area (Å²) < 4.78 is 5.01. The van der Waals surface area contributed by atoms with E-state index in [1.807, 2.05) is 6.92 Å². The molecule has 0 radical (unpaired) electrons. The lowest BCUT2D eigenvalue weighted by Crippen LogP contribution is -2.17. The van der Waals surface area contributed by atoms with Crippen LogP contribution in [0.3, 0.4) is 0 Å². The normalized spacial score (nSPS) is 12.3. The monoisotopic (exact) mass is 328 g/mol. The van der Waals surface area contributed by atoms with Gasteiger partial charge in [0, 0.05) is 6.42 Å². The molecule has 0 spiro atoms. The van der Waals surface area contributed by atoms with Crippen LogP contribution in [0.4, 0.5) is 0 Å². The summed E-state index contributed by atoms with van der Waals surface area (Å²) in [6.45, 7) is 4.29. The third-order valence-electron chi connectivity index (χ3n) is 4.39. The molecule has 138 valence electrons. The van der Waals surface area contributed by atoms with Crippen LogP contribution in [0.15, 0.2) is 0 Å². The molecule has 0 aliphatic rings. The van der Waals surface area contributed by atoms with E-state index in [1.54, 1.807) is 0 Å². The Hall–Kier alpha value is -0.570. The molecule has 0 saturated heterocycles. The first-order valence-corrected chi connectivity index (χ1v) is 10.0. The Bertz CT molecular complexity index is 253. The van der Waals surface area contributed by atoms with E-state index in [1.165, 1.54) is 70.6 Å². The number of carbonyl (C=O) groups excluding carboxylic acids is 1. The van der Waals surface area contributed by atoms with Gasteiger partial charge >= 0.3 is 5.97 Å². The number of esters is 1.